The number of nitrogens with one attached hydrogen (secondary N) is 1. The number of aryl methyl sites for hydroxylation is 1. The van der Waals surface area contributed by atoms with E-state index in [1.165, 1.54) is 0 Å². The maximum Gasteiger partial charge on any atom is 0.258 e. The predicted octanol–water partition coefficient (Wildman–Crippen LogP) is 1.67. The Kier molecular flexibility index (Phi) is 7.07. The zero-order valence-electron chi connectivity index (χ0n) is 14.5. The number of benzene rings is 2. The van der Waals surface area contributed by atoms with E-state index in [9.17, 15) is 9.59 Å². The van der Waals surface area contributed by atoms with E-state index >= 15 is 0 Å². The quantitative estimate of drug-likeness (QED) is 0.742. The van der Waals surface area contributed by atoms with Crippen LogP contribution in [0.15, 0.2) is 48.5 Å². The van der Waals surface area contributed by atoms with Gasteiger partial charge in [0.25, 0.3) is 11.8 Å². The molecule has 0 aliphatic heterocycles. The summed E-state index contributed by atoms with van der Waals surface area (Å²) < 4.78 is 10.9. The molecule has 0 saturated heterocycles. The van der Waals surface area contributed by atoms with Gasteiger partial charge in [0.1, 0.15) is 18.1 Å². The molecule has 0 aliphatic carbocycles. The fraction of sp³-hybridized carbons (Fsp3) is 0.200. The fourth-order valence-electron chi connectivity index (χ4n) is 2.08. The first-order valence-corrected chi connectivity index (χ1v) is 8.00. The summed E-state index contributed by atoms with van der Waals surface area (Å²) in [7, 11) is 0. The van der Waals surface area contributed by atoms with Gasteiger partial charge < -0.3 is 20.5 Å². The van der Waals surface area contributed by atoms with Crippen LogP contribution in [0.2, 0.25) is 0 Å². The highest BCUT2D eigenvalue weighted by Gasteiger charge is 2.07. The maximum absolute atomic E-state index is 11.7. The van der Waals surface area contributed by atoms with E-state index in [1.54, 1.807) is 24.3 Å². The summed E-state index contributed by atoms with van der Waals surface area (Å²) in [6, 6.07) is 14.1. The third-order valence-electron chi connectivity index (χ3n) is 3.40. The predicted molar refractivity (Wildman–Crippen MR) is 97.9 cm³/mol. The zero-order chi connectivity index (χ0) is 18.8. The highest BCUT2D eigenvalue weighted by atomic mass is 16.5. The molecule has 134 valence electrons. The summed E-state index contributed by atoms with van der Waals surface area (Å²) in [5, 5.41) is 2.63. The topological polar surface area (TPSA) is 90.7 Å². The Bertz CT molecular complexity index is 837. The van der Waals surface area contributed by atoms with Crippen LogP contribution in [0.1, 0.15) is 15.9 Å². The van der Waals surface area contributed by atoms with E-state index in [-0.39, 0.29) is 25.7 Å². The molecule has 0 heterocycles. The third kappa shape index (κ3) is 5.87. The van der Waals surface area contributed by atoms with Gasteiger partial charge in [0.2, 0.25) is 0 Å². The summed E-state index contributed by atoms with van der Waals surface area (Å²) >= 11 is 0. The Morgan fingerprint density at radius 1 is 1.00 bits per heavy atom. The molecule has 0 saturated carbocycles. The lowest BCUT2D eigenvalue weighted by atomic mass is 10.2. The van der Waals surface area contributed by atoms with Crippen molar-refractivity contribution in [1.29, 1.82) is 0 Å². The van der Waals surface area contributed by atoms with E-state index in [4.69, 9.17) is 15.2 Å². The number of hydrogen-bond acceptors (Lipinski definition) is 4. The van der Waals surface area contributed by atoms with Crippen molar-refractivity contribution in [3.8, 4) is 23.3 Å². The lowest BCUT2D eigenvalue weighted by Gasteiger charge is -2.08. The Labute approximate surface area is 152 Å². The minimum atomic E-state index is -0.561. The van der Waals surface area contributed by atoms with Crippen LogP contribution in [0, 0.1) is 18.8 Å². The fourth-order valence-corrected chi connectivity index (χ4v) is 2.08. The van der Waals surface area contributed by atoms with Gasteiger partial charge in [-0.05, 0) is 30.7 Å². The lowest BCUT2D eigenvalue weighted by molar-refractivity contribution is -0.122. The van der Waals surface area contributed by atoms with Crippen LogP contribution >= 0.6 is 0 Å². The van der Waals surface area contributed by atoms with Gasteiger partial charge >= 0.3 is 0 Å². The number of primary amides is 1. The molecule has 6 heteroatoms. The Balaban J connectivity index is 1.70. The van der Waals surface area contributed by atoms with E-state index in [1.807, 2.05) is 31.2 Å². The number of para-hydroxylation sites is 2. The van der Waals surface area contributed by atoms with Gasteiger partial charge in [0.15, 0.2) is 6.61 Å². The van der Waals surface area contributed by atoms with Crippen molar-refractivity contribution in [3.05, 3.63) is 59.7 Å². The minimum absolute atomic E-state index is 0.0744. The summed E-state index contributed by atoms with van der Waals surface area (Å²) in [6.45, 7) is 2.10. The first-order valence-electron chi connectivity index (χ1n) is 8.00. The van der Waals surface area contributed by atoms with Crippen LogP contribution < -0.4 is 20.5 Å². The summed E-state index contributed by atoms with van der Waals surface area (Å²) in [5.41, 5.74) is 6.53. The van der Waals surface area contributed by atoms with Crippen molar-refractivity contribution >= 4 is 11.8 Å². The molecule has 0 aromatic heterocycles. The van der Waals surface area contributed by atoms with E-state index in [2.05, 4.69) is 17.2 Å². The Morgan fingerprint density at radius 3 is 2.42 bits per heavy atom. The van der Waals surface area contributed by atoms with Crippen molar-refractivity contribution in [3.63, 3.8) is 0 Å². The SMILES string of the molecule is Cc1ccccc1OCC(=O)NCC#CCOc1ccccc1C(N)=O. The monoisotopic (exact) mass is 352 g/mol. The Morgan fingerprint density at radius 2 is 1.69 bits per heavy atom. The van der Waals surface area contributed by atoms with Crippen LogP contribution in [-0.2, 0) is 4.79 Å². The first-order chi connectivity index (χ1) is 12.6. The molecule has 6 nitrogen and oxygen atoms in total. The van der Waals surface area contributed by atoms with Gasteiger partial charge in [-0.25, -0.2) is 0 Å². The van der Waals surface area contributed by atoms with Crippen molar-refractivity contribution in [1.82, 2.24) is 5.32 Å². The molecular formula is C20H20N2O4. The molecule has 2 aromatic rings. The summed E-state index contributed by atoms with van der Waals surface area (Å²) in [4.78, 5) is 23.0. The number of amides is 2. The van der Waals surface area contributed by atoms with Gasteiger partial charge in [-0.3, -0.25) is 9.59 Å². The molecule has 2 aromatic carbocycles. The van der Waals surface area contributed by atoms with Gasteiger partial charge in [-0.2, -0.15) is 0 Å². The molecule has 0 fully saturated rings. The van der Waals surface area contributed by atoms with Gasteiger partial charge in [-0.15, -0.1) is 0 Å². The second-order valence-corrected chi connectivity index (χ2v) is 5.33. The molecular weight excluding hydrogens is 332 g/mol. The Hall–Kier alpha value is -3.46. The molecule has 2 amide bonds. The lowest BCUT2D eigenvalue weighted by Crippen LogP contribution is -2.29. The zero-order valence-corrected chi connectivity index (χ0v) is 14.5. The van der Waals surface area contributed by atoms with E-state index in [0.29, 0.717) is 17.1 Å². The molecule has 3 N–H and O–H groups in total. The molecule has 0 spiro atoms. The van der Waals surface area contributed by atoms with E-state index < -0.39 is 5.91 Å². The van der Waals surface area contributed by atoms with Crippen molar-refractivity contribution < 1.29 is 19.1 Å². The number of ether oxygens (including phenoxy) is 2. The largest absolute Gasteiger partial charge is 0.484 e. The number of carbonyl (C=O) groups is 2. The maximum atomic E-state index is 11.7. The first kappa shape index (κ1) is 18.9. The molecule has 26 heavy (non-hydrogen) atoms. The van der Waals surface area contributed by atoms with Gasteiger partial charge in [-0.1, -0.05) is 42.2 Å². The van der Waals surface area contributed by atoms with E-state index in [0.717, 1.165) is 5.56 Å². The highest BCUT2D eigenvalue weighted by Crippen LogP contribution is 2.17. The molecule has 2 rings (SSSR count). The number of carbonyl (C=O) groups excluding carboxylic acids is 2. The van der Waals surface area contributed by atoms with Crippen LogP contribution in [0.3, 0.4) is 0 Å². The van der Waals surface area contributed by atoms with Crippen LogP contribution in [0.4, 0.5) is 0 Å². The summed E-state index contributed by atoms with van der Waals surface area (Å²) in [5.74, 6) is 5.76. The van der Waals surface area contributed by atoms with Gasteiger partial charge in [0.05, 0.1) is 12.1 Å². The highest BCUT2D eigenvalue weighted by molar-refractivity contribution is 5.95. The summed E-state index contributed by atoms with van der Waals surface area (Å²) in [6.07, 6.45) is 0. The number of rotatable bonds is 7. The van der Waals surface area contributed by atoms with Gasteiger partial charge in [0, 0.05) is 0 Å². The molecule has 0 aliphatic rings. The van der Waals surface area contributed by atoms with Crippen LogP contribution in [-0.4, -0.2) is 31.6 Å². The smallest absolute Gasteiger partial charge is 0.258 e. The number of nitrogens with two attached hydrogens (primary N) is 1. The molecule has 0 unspecified atom stereocenters. The minimum Gasteiger partial charge on any atom is -0.484 e. The van der Waals surface area contributed by atoms with Crippen LogP contribution in [0.25, 0.3) is 0 Å². The molecule has 0 bridgehead atoms. The normalized spacial score (nSPS) is 9.58. The second-order valence-electron chi connectivity index (χ2n) is 5.33. The molecule has 0 radical (unpaired) electrons. The average molecular weight is 352 g/mol. The van der Waals surface area contributed by atoms with Crippen molar-refractivity contribution in [2.24, 2.45) is 5.73 Å². The van der Waals surface area contributed by atoms with Crippen molar-refractivity contribution in [2.75, 3.05) is 19.8 Å². The van der Waals surface area contributed by atoms with Crippen molar-refractivity contribution in [2.45, 2.75) is 6.92 Å². The molecule has 0 atom stereocenters. The average Bonchev–Trinajstić information content (AvgIpc) is 2.64. The van der Waals surface area contributed by atoms with Crippen LogP contribution in [0.5, 0.6) is 11.5 Å². The number of hydrogen-bond donors (Lipinski definition) is 2. The standard InChI is InChI=1S/C20H20N2O4/c1-15-8-2-4-10-17(15)26-14-19(23)22-12-6-7-13-25-18-11-5-3-9-16(18)20(21)24/h2-5,8-11H,12-14H2,1H3,(H2,21,24)(H,22,23). The second kappa shape index (κ2) is 9.74. The third-order valence-corrected chi connectivity index (χ3v) is 3.40.